The Morgan fingerprint density at radius 3 is 3.14 bits per heavy atom. The maximum atomic E-state index is 11.3. The Morgan fingerprint density at radius 2 is 2.64 bits per heavy atom. The van der Waals surface area contributed by atoms with E-state index in [9.17, 15) is 4.79 Å². The molecule has 5 heteroatoms. The Morgan fingerprint density at radius 1 is 1.79 bits per heavy atom. The minimum absolute atomic E-state index is 0.140. The molecule has 1 amide bonds. The van der Waals surface area contributed by atoms with Gasteiger partial charge >= 0.3 is 0 Å². The molecule has 1 aromatic rings. The van der Waals surface area contributed by atoms with E-state index < -0.39 is 6.04 Å². The third-order valence-corrected chi connectivity index (χ3v) is 2.46. The van der Waals surface area contributed by atoms with E-state index in [0.717, 1.165) is 6.42 Å². The molecule has 0 bridgehead atoms. The molecule has 1 aromatic heterocycles. The summed E-state index contributed by atoms with van der Waals surface area (Å²) < 4.78 is 6.78. The summed E-state index contributed by atoms with van der Waals surface area (Å²) in [4.78, 5) is 11.3. The first-order valence-corrected chi connectivity index (χ1v) is 4.56. The van der Waals surface area contributed by atoms with Crippen molar-refractivity contribution in [2.75, 3.05) is 13.2 Å². The van der Waals surface area contributed by atoms with Gasteiger partial charge in [-0.25, -0.2) is 0 Å². The number of aromatic nitrogens is 2. The maximum Gasteiger partial charge on any atom is 0.242 e. The van der Waals surface area contributed by atoms with Crippen molar-refractivity contribution >= 4 is 5.91 Å². The molecule has 2 N–H and O–H groups in total. The fourth-order valence-electron chi connectivity index (χ4n) is 1.78. The zero-order chi connectivity index (χ0) is 9.97. The third-order valence-electron chi connectivity index (χ3n) is 2.46. The predicted molar refractivity (Wildman–Crippen MR) is 48.2 cm³/mol. The molecule has 1 aliphatic heterocycles. The summed E-state index contributed by atoms with van der Waals surface area (Å²) in [5.74, 6) is -0.224. The van der Waals surface area contributed by atoms with Crippen LogP contribution in [0, 0.1) is 12.0 Å². The molecule has 1 saturated heterocycles. The molecule has 1 radical (unpaired) electrons. The minimum Gasteiger partial charge on any atom is -0.381 e. The van der Waals surface area contributed by atoms with Crippen molar-refractivity contribution in [3.05, 3.63) is 18.5 Å². The lowest BCUT2D eigenvalue weighted by atomic mass is 9.99. The number of ether oxygens (including phenoxy) is 1. The van der Waals surface area contributed by atoms with Gasteiger partial charge in [-0.15, -0.1) is 0 Å². The number of primary amides is 1. The van der Waals surface area contributed by atoms with Gasteiger partial charge in [0.2, 0.25) is 5.91 Å². The van der Waals surface area contributed by atoms with Gasteiger partial charge in [0, 0.05) is 24.8 Å². The highest BCUT2D eigenvalue weighted by atomic mass is 16.5. The number of hydrogen-bond acceptors (Lipinski definition) is 3. The SMILES string of the molecule is NC(=O)C(C1CCOC1)n1c[c]cn1. The van der Waals surface area contributed by atoms with Crippen molar-refractivity contribution in [3.8, 4) is 0 Å². The summed E-state index contributed by atoms with van der Waals surface area (Å²) in [6.45, 7) is 1.27. The summed E-state index contributed by atoms with van der Waals surface area (Å²) in [5, 5.41) is 3.99. The van der Waals surface area contributed by atoms with Gasteiger partial charge in [-0.3, -0.25) is 9.48 Å². The van der Waals surface area contributed by atoms with Gasteiger partial charge in [-0.2, -0.15) is 5.10 Å². The molecule has 2 atom stereocenters. The molecule has 0 saturated carbocycles. The Hall–Kier alpha value is -1.36. The van der Waals surface area contributed by atoms with Crippen molar-refractivity contribution in [1.82, 2.24) is 9.78 Å². The second-order valence-electron chi connectivity index (χ2n) is 3.39. The van der Waals surface area contributed by atoms with Crippen molar-refractivity contribution in [3.63, 3.8) is 0 Å². The van der Waals surface area contributed by atoms with Crippen LogP contribution in [0.4, 0.5) is 0 Å². The lowest BCUT2D eigenvalue weighted by Crippen LogP contribution is -2.33. The number of nitrogens with zero attached hydrogens (tertiary/aromatic N) is 2. The highest BCUT2D eigenvalue weighted by Crippen LogP contribution is 2.25. The number of hydrogen-bond donors (Lipinski definition) is 1. The third kappa shape index (κ3) is 1.63. The monoisotopic (exact) mass is 194 g/mol. The second kappa shape index (κ2) is 3.79. The zero-order valence-electron chi connectivity index (χ0n) is 7.72. The van der Waals surface area contributed by atoms with Crippen molar-refractivity contribution in [2.45, 2.75) is 12.5 Å². The quantitative estimate of drug-likeness (QED) is 0.721. The van der Waals surface area contributed by atoms with Gasteiger partial charge in [0.1, 0.15) is 6.04 Å². The van der Waals surface area contributed by atoms with Gasteiger partial charge in [0.15, 0.2) is 0 Å². The molecule has 75 valence electrons. The first kappa shape index (κ1) is 9.21. The minimum atomic E-state index is -0.399. The van der Waals surface area contributed by atoms with E-state index >= 15 is 0 Å². The smallest absolute Gasteiger partial charge is 0.242 e. The van der Waals surface area contributed by atoms with Crippen LogP contribution in [0.3, 0.4) is 0 Å². The average molecular weight is 194 g/mol. The van der Waals surface area contributed by atoms with Crippen LogP contribution in [0.15, 0.2) is 12.4 Å². The van der Waals surface area contributed by atoms with Gasteiger partial charge in [0.25, 0.3) is 0 Å². The van der Waals surface area contributed by atoms with E-state index in [1.54, 1.807) is 10.9 Å². The lowest BCUT2D eigenvalue weighted by molar-refractivity contribution is -0.123. The number of amides is 1. The molecule has 0 spiro atoms. The standard InChI is InChI=1S/C9H12N3O2/c10-9(13)8(7-2-5-14-6-7)12-4-1-3-11-12/h3-4,7-8H,2,5-6H2,(H2,10,13). The second-order valence-corrected chi connectivity index (χ2v) is 3.39. The summed E-state index contributed by atoms with van der Waals surface area (Å²) in [5.41, 5.74) is 5.34. The molecule has 1 fully saturated rings. The summed E-state index contributed by atoms with van der Waals surface area (Å²) >= 11 is 0. The molecular formula is C9H12N3O2. The van der Waals surface area contributed by atoms with Crippen molar-refractivity contribution < 1.29 is 9.53 Å². The van der Waals surface area contributed by atoms with Crippen LogP contribution in [0.5, 0.6) is 0 Å². The van der Waals surface area contributed by atoms with Gasteiger partial charge in [0.05, 0.1) is 12.8 Å². The maximum absolute atomic E-state index is 11.3. The Balaban J connectivity index is 2.19. The Kier molecular flexibility index (Phi) is 2.49. The first-order valence-electron chi connectivity index (χ1n) is 4.56. The molecule has 0 aliphatic carbocycles. The summed E-state index contributed by atoms with van der Waals surface area (Å²) in [7, 11) is 0. The normalized spacial score (nSPS) is 23.6. The van der Waals surface area contributed by atoms with E-state index in [1.165, 1.54) is 6.20 Å². The first-order chi connectivity index (χ1) is 6.79. The Labute approximate surface area is 81.8 Å². The molecule has 2 heterocycles. The summed E-state index contributed by atoms with van der Waals surface area (Å²) in [6.07, 6.45) is 4.01. The number of carbonyl (C=O) groups excluding carboxylic acids is 1. The highest BCUT2D eigenvalue weighted by molar-refractivity contribution is 5.78. The predicted octanol–water partition coefficient (Wildman–Crippen LogP) is -0.254. The molecule has 0 aromatic carbocycles. The van der Waals surface area contributed by atoms with Crippen LogP contribution >= 0.6 is 0 Å². The number of carbonyl (C=O) groups is 1. The van der Waals surface area contributed by atoms with Crippen LogP contribution in [-0.4, -0.2) is 28.9 Å². The van der Waals surface area contributed by atoms with E-state index in [1.807, 2.05) is 0 Å². The largest absolute Gasteiger partial charge is 0.381 e. The molecular weight excluding hydrogens is 182 g/mol. The van der Waals surface area contributed by atoms with E-state index in [0.29, 0.717) is 13.2 Å². The fourth-order valence-corrected chi connectivity index (χ4v) is 1.78. The van der Waals surface area contributed by atoms with Gasteiger partial charge in [-0.1, -0.05) is 0 Å². The topological polar surface area (TPSA) is 70.1 Å². The molecule has 1 aliphatic rings. The fraction of sp³-hybridized carbons (Fsp3) is 0.556. The van der Waals surface area contributed by atoms with Crippen LogP contribution < -0.4 is 5.73 Å². The van der Waals surface area contributed by atoms with Gasteiger partial charge in [-0.05, 0) is 6.42 Å². The number of rotatable bonds is 3. The van der Waals surface area contributed by atoms with Gasteiger partial charge < -0.3 is 10.5 Å². The lowest BCUT2D eigenvalue weighted by Gasteiger charge is -2.19. The molecule has 2 rings (SSSR count). The van der Waals surface area contributed by atoms with Crippen LogP contribution in [0.25, 0.3) is 0 Å². The van der Waals surface area contributed by atoms with Crippen LogP contribution in [0.2, 0.25) is 0 Å². The van der Waals surface area contributed by atoms with E-state index in [4.69, 9.17) is 10.5 Å². The molecule has 2 unspecified atom stereocenters. The average Bonchev–Trinajstić information content (AvgIpc) is 2.75. The highest BCUT2D eigenvalue weighted by Gasteiger charge is 2.31. The summed E-state index contributed by atoms with van der Waals surface area (Å²) in [6, 6.07) is 2.39. The zero-order valence-corrected chi connectivity index (χ0v) is 7.72. The van der Waals surface area contributed by atoms with Crippen LogP contribution in [0.1, 0.15) is 12.5 Å². The molecule has 14 heavy (non-hydrogen) atoms. The van der Waals surface area contributed by atoms with Crippen LogP contribution in [-0.2, 0) is 9.53 Å². The number of nitrogens with two attached hydrogens (primary N) is 1. The Bertz CT molecular complexity index is 304. The van der Waals surface area contributed by atoms with E-state index in [2.05, 4.69) is 11.2 Å². The van der Waals surface area contributed by atoms with E-state index in [-0.39, 0.29) is 11.8 Å². The van der Waals surface area contributed by atoms with Crippen molar-refractivity contribution in [2.24, 2.45) is 11.7 Å². The molecule has 5 nitrogen and oxygen atoms in total. The van der Waals surface area contributed by atoms with Crippen molar-refractivity contribution in [1.29, 1.82) is 0 Å².